The highest BCUT2D eigenvalue weighted by molar-refractivity contribution is 7.84. The van der Waals surface area contributed by atoms with Crippen molar-refractivity contribution < 1.29 is 31.3 Å². The molecule has 1 unspecified atom stereocenters. The number of hydrogen-bond donors (Lipinski definition) is 1. The van der Waals surface area contributed by atoms with E-state index in [1.807, 2.05) is 0 Å². The van der Waals surface area contributed by atoms with Crippen LogP contribution in [0.2, 0.25) is 0 Å². The van der Waals surface area contributed by atoms with Crippen LogP contribution < -0.4 is 0 Å². The van der Waals surface area contributed by atoms with Crippen molar-refractivity contribution in [1.82, 2.24) is 0 Å². The van der Waals surface area contributed by atoms with Crippen molar-refractivity contribution in [3.05, 3.63) is 0 Å². The van der Waals surface area contributed by atoms with Gasteiger partial charge in [-0.3, -0.25) is 4.21 Å². The quantitative estimate of drug-likeness (QED) is 0.525. The van der Waals surface area contributed by atoms with E-state index in [0.717, 1.165) is 0 Å². The zero-order valence-corrected chi connectivity index (χ0v) is 10.6. The number of alkyl halides is 5. The summed E-state index contributed by atoms with van der Waals surface area (Å²) in [6.07, 6.45) is -5.46. The first-order valence-electron chi connectivity index (χ1n) is 5.61. The smallest absolute Gasteiger partial charge is 0.396 e. The predicted molar refractivity (Wildman–Crippen MR) is 59.0 cm³/mol. The van der Waals surface area contributed by atoms with Crippen molar-refractivity contribution in [3.63, 3.8) is 0 Å². The topological polar surface area (TPSA) is 37.3 Å². The van der Waals surface area contributed by atoms with E-state index in [9.17, 15) is 26.2 Å². The average Bonchev–Trinajstić information content (AvgIpc) is 2.22. The van der Waals surface area contributed by atoms with Crippen LogP contribution in [0.3, 0.4) is 0 Å². The summed E-state index contributed by atoms with van der Waals surface area (Å²) < 4.78 is 71.6. The summed E-state index contributed by atoms with van der Waals surface area (Å²) in [6, 6.07) is 0. The number of halogens is 5. The molecule has 0 saturated heterocycles. The van der Waals surface area contributed by atoms with Crippen LogP contribution in [0.5, 0.6) is 0 Å². The number of rotatable bonds is 9. The van der Waals surface area contributed by atoms with Crippen molar-refractivity contribution in [2.45, 2.75) is 44.2 Å². The SMILES string of the molecule is O=S(CCCCCO)CCCC(F)(F)C(F)(F)F. The second kappa shape index (κ2) is 8.04. The van der Waals surface area contributed by atoms with Crippen molar-refractivity contribution in [2.75, 3.05) is 18.1 Å². The van der Waals surface area contributed by atoms with Crippen molar-refractivity contribution in [3.8, 4) is 0 Å². The van der Waals surface area contributed by atoms with E-state index in [1.54, 1.807) is 0 Å². The molecule has 0 rings (SSSR count). The van der Waals surface area contributed by atoms with Gasteiger partial charge in [-0.1, -0.05) is 6.42 Å². The van der Waals surface area contributed by atoms with Gasteiger partial charge >= 0.3 is 12.1 Å². The number of hydrogen-bond acceptors (Lipinski definition) is 2. The lowest BCUT2D eigenvalue weighted by Gasteiger charge is -2.19. The van der Waals surface area contributed by atoms with Crippen LogP contribution in [-0.2, 0) is 10.8 Å². The first-order chi connectivity index (χ1) is 8.20. The lowest BCUT2D eigenvalue weighted by atomic mass is 10.2. The average molecular weight is 296 g/mol. The van der Waals surface area contributed by atoms with Gasteiger partial charge in [-0.05, 0) is 19.3 Å². The molecule has 0 aromatic heterocycles. The van der Waals surface area contributed by atoms with Crippen molar-refractivity contribution in [2.24, 2.45) is 0 Å². The third-order valence-electron chi connectivity index (χ3n) is 2.31. The van der Waals surface area contributed by atoms with Crippen LogP contribution in [0, 0.1) is 0 Å². The van der Waals surface area contributed by atoms with Gasteiger partial charge in [-0.15, -0.1) is 0 Å². The van der Waals surface area contributed by atoms with Crippen LogP contribution in [-0.4, -0.2) is 39.5 Å². The van der Waals surface area contributed by atoms with Gasteiger partial charge in [0.25, 0.3) is 0 Å². The molecule has 0 aromatic rings. The van der Waals surface area contributed by atoms with Crippen molar-refractivity contribution >= 4 is 10.8 Å². The second-order valence-corrected chi connectivity index (χ2v) is 5.63. The van der Waals surface area contributed by atoms with Crippen LogP contribution in [0.25, 0.3) is 0 Å². The minimum atomic E-state index is -5.53. The first-order valence-corrected chi connectivity index (χ1v) is 7.10. The normalized spacial score (nSPS) is 14.8. The monoisotopic (exact) mass is 296 g/mol. The maximum absolute atomic E-state index is 12.5. The van der Waals surface area contributed by atoms with Crippen LogP contribution in [0.1, 0.15) is 32.1 Å². The molecule has 0 aromatic carbocycles. The highest BCUT2D eigenvalue weighted by Crippen LogP contribution is 2.38. The molecule has 8 heteroatoms. The summed E-state index contributed by atoms with van der Waals surface area (Å²) in [6.45, 7) is 0.0322. The van der Waals surface area contributed by atoms with Crippen LogP contribution in [0.15, 0.2) is 0 Å². The van der Waals surface area contributed by atoms with Crippen molar-refractivity contribution in [1.29, 1.82) is 0 Å². The molecule has 0 aliphatic rings. The summed E-state index contributed by atoms with van der Waals surface area (Å²) in [5.74, 6) is -4.57. The molecule has 1 atom stereocenters. The minimum Gasteiger partial charge on any atom is -0.396 e. The summed E-state index contributed by atoms with van der Waals surface area (Å²) >= 11 is 0. The third kappa shape index (κ3) is 7.25. The molecule has 0 aliphatic heterocycles. The van der Waals surface area contributed by atoms with E-state index >= 15 is 0 Å². The lowest BCUT2D eigenvalue weighted by molar-refractivity contribution is -0.284. The standard InChI is InChI=1S/C10H17F5O2S/c11-9(12,10(13,14)15)5-4-8-18(17)7-3-1-2-6-16/h16H,1-8H2. The molecule has 0 heterocycles. The Labute approximate surface area is 105 Å². The fraction of sp³-hybridized carbons (Fsp3) is 1.00. The molecule has 1 N–H and O–H groups in total. The fourth-order valence-corrected chi connectivity index (χ4v) is 2.45. The summed E-state index contributed by atoms with van der Waals surface area (Å²) in [5, 5.41) is 8.47. The maximum Gasteiger partial charge on any atom is 0.453 e. The van der Waals surface area contributed by atoms with Gasteiger partial charge in [0.2, 0.25) is 0 Å². The molecule has 0 spiro atoms. The van der Waals surface area contributed by atoms with E-state index < -0.39 is 35.7 Å². The fourth-order valence-electron chi connectivity index (χ4n) is 1.25. The first kappa shape index (κ1) is 17.8. The molecule has 0 fully saturated rings. The molecule has 110 valence electrons. The van der Waals surface area contributed by atoms with Gasteiger partial charge in [0.15, 0.2) is 0 Å². The molecule has 0 aliphatic carbocycles. The highest BCUT2D eigenvalue weighted by atomic mass is 32.2. The lowest BCUT2D eigenvalue weighted by Crippen LogP contribution is -2.36. The predicted octanol–water partition coefficient (Wildman–Crippen LogP) is 2.88. The number of unbranched alkanes of at least 4 members (excludes halogenated alkanes) is 2. The molecule has 0 amide bonds. The van der Waals surface area contributed by atoms with Gasteiger partial charge in [0.05, 0.1) is 0 Å². The molecule has 0 saturated carbocycles. The van der Waals surface area contributed by atoms with Crippen LogP contribution in [0.4, 0.5) is 22.0 Å². The Morgan fingerprint density at radius 2 is 1.44 bits per heavy atom. The van der Waals surface area contributed by atoms with Gasteiger partial charge in [0, 0.05) is 35.3 Å². The Balaban J connectivity index is 3.75. The number of aliphatic hydroxyl groups is 1. The Morgan fingerprint density at radius 1 is 0.889 bits per heavy atom. The molecule has 0 bridgehead atoms. The molecular formula is C10H17F5O2S. The molecule has 18 heavy (non-hydrogen) atoms. The van der Waals surface area contributed by atoms with E-state index in [2.05, 4.69) is 0 Å². The summed E-state index contributed by atoms with van der Waals surface area (Å²) in [5.41, 5.74) is 0. The summed E-state index contributed by atoms with van der Waals surface area (Å²) in [7, 11) is -1.37. The second-order valence-electron chi connectivity index (χ2n) is 3.94. The van der Waals surface area contributed by atoms with Gasteiger partial charge < -0.3 is 5.11 Å². The Bertz CT molecular complexity index is 255. The Kier molecular flexibility index (Phi) is 7.93. The van der Waals surface area contributed by atoms with E-state index in [0.29, 0.717) is 19.3 Å². The zero-order valence-electron chi connectivity index (χ0n) is 9.81. The maximum atomic E-state index is 12.5. The third-order valence-corrected chi connectivity index (χ3v) is 3.80. The number of aliphatic hydroxyl groups excluding tert-OH is 1. The van der Waals surface area contributed by atoms with E-state index in [-0.39, 0.29) is 18.1 Å². The largest absolute Gasteiger partial charge is 0.453 e. The Hall–Kier alpha value is -0.240. The van der Waals surface area contributed by atoms with Gasteiger partial charge in [0.1, 0.15) is 0 Å². The molecular weight excluding hydrogens is 279 g/mol. The molecule has 0 radical (unpaired) electrons. The van der Waals surface area contributed by atoms with Gasteiger partial charge in [-0.2, -0.15) is 22.0 Å². The van der Waals surface area contributed by atoms with Gasteiger partial charge in [-0.25, -0.2) is 0 Å². The Morgan fingerprint density at radius 3 is 1.94 bits per heavy atom. The van der Waals surface area contributed by atoms with Crippen LogP contribution >= 0.6 is 0 Å². The van der Waals surface area contributed by atoms with E-state index in [4.69, 9.17) is 5.11 Å². The zero-order chi connectivity index (χ0) is 14.2. The summed E-state index contributed by atoms with van der Waals surface area (Å²) in [4.78, 5) is 0. The molecule has 2 nitrogen and oxygen atoms in total. The highest BCUT2D eigenvalue weighted by Gasteiger charge is 2.56. The minimum absolute atomic E-state index is 0.0322. The van der Waals surface area contributed by atoms with E-state index in [1.165, 1.54) is 0 Å².